The summed E-state index contributed by atoms with van der Waals surface area (Å²) in [5, 5.41) is 12.9. The molecule has 0 saturated heterocycles. The van der Waals surface area contributed by atoms with Crippen LogP contribution in [0.15, 0.2) is 35.4 Å². The number of unbranched alkanes of at least 4 members (excludes halogenated alkanes) is 2. The van der Waals surface area contributed by atoms with Crippen molar-refractivity contribution in [3.8, 4) is 0 Å². The first-order valence-corrected chi connectivity index (χ1v) is 7.26. The number of benzene rings is 1. The van der Waals surface area contributed by atoms with Gasteiger partial charge in [0, 0.05) is 12.8 Å². The van der Waals surface area contributed by atoms with Crippen molar-refractivity contribution in [1.29, 1.82) is 0 Å². The van der Waals surface area contributed by atoms with Crippen LogP contribution in [0.5, 0.6) is 0 Å². The lowest BCUT2D eigenvalue weighted by atomic mass is 10.1. The van der Waals surface area contributed by atoms with E-state index in [1.807, 2.05) is 30.3 Å². The summed E-state index contributed by atoms with van der Waals surface area (Å²) in [6.07, 6.45) is 3.63. The van der Waals surface area contributed by atoms with E-state index in [0.29, 0.717) is 12.1 Å². The number of hydrazone groups is 1. The fraction of sp³-hybridized carbons (Fsp3) is 0.438. The van der Waals surface area contributed by atoms with Crippen molar-refractivity contribution in [1.82, 2.24) is 5.43 Å². The zero-order valence-corrected chi connectivity index (χ0v) is 12.3. The normalized spacial score (nSPS) is 11.2. The van der Waals surface area contributed by atoms with Crippen LogP contribution in [0.25, 0.3) is 0 Å². The first-order chi connectivity index (χ1) is 10.1. The van der Waals surface area contributed by atoms with Crippen LogP contribution >= 0.6 is 0 Å². The van der Waals surface area contributed by atoms with E-state index in [1.165, 1.54) is 0 Å². The van der Waals surface area contributed by atoms with Gasteiger partial charge in [0.2, 0.25) is 5.91 Å². The maximum Gasteiger partial charge on any atom is 0.303 e. The summed E-state index contributed by atoms with van der Waals surface area (Å²) in [4.78, 5) is 22.4. The minimum atomic E-state index is -0.882. The smallest absolute Gasteiger partial charge is 0.303 e. The van der Waals surface area contributed by atoms with Crippen molar-refractivity contribution in [3.05, 3.63) is 35.9 Å². The predicted octanol–water partition coefficient (Wildman–Crippen LogP) is 2.95. The highest BCUT2D eigenvalue weighted by Crippen LogP contribution is 2.07. The molecule has 21 heavy (non-hydrogen) atoms. The van der Waals surface area contributed by atoms with Gasteiger partial charge in [-0.05, 0) is 12.0 Å². The maximum absolute atomic E-state index is 11.7. The predicted molar refractivity (Wildman–Crippen MR) is 82.1 cm³/mol. The van der Waals surface area contributed by atoms with Crippen molar-refractivity contribution >= 4 is 17.6 Å². The van der Waals surface area contributed by atoms with Crippen LogP contribution in [-0.4, -0.2) is 22.7 Å². The van der Waals surface area contributed by atoms with Crippen molar-refractivity contribution in [2.75, 3.05) is 0 Å². The SMILES string of the molecule is CCCCCC(=O)N/N=C(/CCC(=O)O)c1ccccc1. The fourth-order valence-corrected chi connectivity index (χ4v) is 1.84. The molecule has 0 heterocycles. The quantitative estimate of drug-likeness (QED) is 0.417. The number of carboxylic acids is 1. The molecule has 2 N–H and O–H groups in total. The first kappa shape index (κ1) is 16.9. The topological polar surface area (TPSA) is 78.8 Å². The largest absolute Gasteiger partial charge is 0.481 e. The summed E-state index contributed by atoms with van der Waals surface area (Å²) in [5.74, 6) is -1.01. The maximum atomic E-state index is 11.7. The van der Waals surface area contributed by atoms with E-state index < -0.39 is 5.97 Å². The van der Waals surface area contributed by atoms with Gasteiger partial charge in [0.05, 0.1) is 12.1 Å². The minimum Gasteiger partial charge on any atom is -0.481 e. The molecule has 1 amide bonds. The lowest BCUT2D eigenvalue weighted by molar-refractivity contribution is -0.136. The second kappa shape index (κ2) is 9.69. The van der Waals surface area contributed by atoms with Crippen LogP contribution in [-0.2, 0) is 9.59 Å². The molecule has 0 fully saturated rings. The molecule has 0 bridgehead atoms. The number of amides is 1. The number of carbonyl (C=O) groups excluding carboxylic acids is 1. The molecule has 0 spiro atoms. The Morgan fingerprint density at radius 2 is 1.81 bits per heavy atom. The molecule has 1 aromatic rings. The van der Waals surface area contributed by atoms with Gasteiger partial charge < -0.3 is 5.11 Å². The summed E-state index contributed by atoms with van der Waals surface area (Å²) in [5.41, 5.74) is 3.93. The van der Waals surface area contributed by atoms with Gasteiger partial charge in [-0.3, -0.25) is 9.59 Å². The number of carboxylic acid groups (broad SMARTS) is 1. The highest BCUT2D eigenvalue weighted by molar-refractivity contribution is 6.02. The van der Waals surface area contributed by atoms with Gasteiger partial charge in [0.15, 0.2) is 0 Å². The van der Waals surface area contributed by atoms with Gasteiger partial charge in [-0.25, -0.2) is 5.43 Å². The molecular weight excluding hydrogens is 268 g/mol. The Morgan fingerprint density at radius 3 is 2.43 bits per heavy atom. The molecular formula is C16H22N2O3. The van der Waals surface area contributed by atoms with E-state index in [9.17, 15) is 9.59 Å². The molecule has 5 heteroatoms. The molecule has 0 aliphatic rings. The van der Waals surface area contributed by atoms with Crippen molar-refractivity contribution in [3.63, 3.8) is 0 Å². The highest BCUT2D eigenvalue weighted by Gasteiger charge is 2.08. The Hall–Kier alpha value is -2.17. The minimum absolute atomic E-state index is 0.0145. The van der Waals surface area contributed by atoms with Crippen LogP contribution < -0.4 is 5.43 Å². The van der Waals surface area contributed by atoms with Crippen molar-refractivity contribution in [2.24, 2.45) is 5.10 Å². The number of hydrogen-bond acceptors (Lipinski definition) is 3. The molecule has 0 unspecified atom stereocenters. The number of carbonyl (C=O) groups is 2. The number of aliphatic carboxylic acids is 1. The van der Waals surface area contributed by atoms with Gasteiger partial charge in [0.25, 0.3) is 0 Å². The van der Waals surface area contributed by atoms with Crippen LogP contribution in [0, 0.1) is 0 Å². The molecule has 0 aliphatic carbocycles. The Balaban J connectivity index is 2.65. The van der Waals surface area contributed by atoms with Crippen LogP contribution in [0.3, 0.4) is 0 Å². The monoisotopic (exact) mass is 290 g/mol. The summed E-state index contributed by atoms with van der Waals surface area (Å²) < 4.78 is 0. The lowest BCUT2D eigenvalue weighted by Gasteiger charge is -2.06. The van der Waals surface area contributed by atoms with Crippen molar-refractivity contribution in [2.45, 2.75) is 45.4 Å². The Morgan fingerprint density at radius 1 is 1.10 bits per heavy atom. The molecule has 114 valence electrons. The molecule has 1 rings (SSSR count). The number of rotatable bonds is 9. The van der Waals surface area contributed by atoms with Gasteiger partial charge in [-0.2, -0.15) is 5.10 Å². The van der Waals surface area contributed by atoms with Crippen LogP contribution in [0.1, 0.15) is 51.0 Å². The first-order valence-electron chi connectivity index (χ1n) is 7.26. The van der Waals surface area contributed by atoms with Gasteiger partial charge in [-0.1, -0.05) is 50.1 Å². The fourth-order valence-electron chi connectivity index (χ4n) is 1.84. The van der Waals surface area contributed by atoms with E-state index in [-0.39, 0.29) is 18.7 Å². The summed E-state index contributed by atoms with van der Waals surface area (Å²) >= 11 is 0. The number of nitrogens with zero attached hydrogens (tertiary/aromatic N) is 1. The third-order valence-corrected chi connectivity index (χ3v) is 3.01. The lowest BCUT2D eigenvalue weighted by Crippen LogP contribution is -2.20. The van der Waals surface area contributed by atoms with E-state index in [0.717, 1.165) is 24.8 Å². The summed E-state index contributed by atoms with van der Waals surface area (Å²) in [6, 6.07) is 9.29. The third-order valence-electron chi connectivity index (χ3n) is 3.01. The number of hydrogen-bond donors (Lipinski definition) is 2. The molecule has 0 atom stereocenters. The van der Waals surface area contributed by atoms with Crippen molar-refractivity contribution < 1.29 is 14.7 Å². The van der Waals surface area contributed by atoms with Gasteiger partial charge in [0.1, 0.15) is 0 Å². The molecule has 0 saturated carbocycles. The third kappa shape index (κ3) is 7.25. The average molecular weight is 290 g/mol. The molecule has 5 nitrogen and oxygen atoms in total. The average Bonchev–Trinajstić information content (AvgIpc) is 2.48. The van der Waals surface area contributed by atoms with E-state index in [4.69, 9.17) is 5.11 Å². The Kier molecular flexibility index (Phi) is 7.79. The molecule has 0 radical (unpaired) electrons. The van der Waals surface area contributed by atoms with E-state index in [1.54, 1.807) is 0 Å². The molecule has 0 aromatic heterocycles. The summed E-state index contributed by atoms with van der Waals surface area (Å²) in [7, 11) is 0. The number of nitrogens with one attached hydrogen (secondary N) is 1. The van der Waals surface area contributed by atoms with E-state index in [2.05, 4.69) is 17.5 Å². The molecule has 1 aromatic carbocycles. The Labute approximate surface area is 125 Å². The van der Waals surface area contributed by atoms with Crippen LogP contribution in [0.2, 0.25) is 0 Å². The highest BCUT2D eigenvalue weighted by atomic mass is 16.4. The summed E-state index contributed by atoms with van der Waals surface area (Å²) in [6.45, 7) is 2.08. The zero-order chi connectivity index (χ0) is 15.5. The second-order valence-corrected chi connectivity index (χ2v) is 4.81. The zero-order valence-electron chi connectivity index (χ0n) is 12.3. The molecule has 0 aliphatic heterocycles. The Bertz CT molecular complexity index is 484. The van der Waals surface area contributed by atoms with E-state index >= 15 is 0 Å². The van der Waals surface area contributed by atoms with Crippen LogP contribution in [0.4, 0.5) is 0 Å². The standard InChI is InChI=1S/C16H22N2O3/c1-2-3-5-10-15(19)18-17-14(11-12-16(20)21)13-8-6-4-7-9-13/h4,6-9H,2-3,5,10-12H2,1H3,(H,18,19)(H,20,21)/b17-14-. The van der Waals surface area contributed by atoms with Gasteiger partial charge in [-0.15, -0.1) is 0 Å². The second-order valence-electron chi connectivity index (χ2n) is 4.81. The van der Waals surface area contributed by atoms with Gasteiger partial charge >= 0.3 is 5.97 Å².